The zero-order chi connectivity index (χ0) is 34.6. The minimum Gasteiger partial charge on any atom is -0.429 e. The van der Waals surface area contributed by atoms with E-state index in [1.165, 1.54) is 24.3 Å². The molecule has 256 valence electrons. The van der Waals surface area contributed by atoms with Crippen LogP contribution in [0.1, 0.15) is 80.0 Å². The summed E-state index contributed by atoms with van der Waals surface area (Å²) in [5.74, 6) is -8.87. The summed E-state index contributed by atoms with van der Waals surface area (Å²) >= 11 is 0. The lowest BCUT2D eigenvalue weighted by Gasteiger charge is -2.31. The van der Waals surface area contributed by atoms with E-state index in [1.807, 2.05) is 0 Å². The summed E-state index contributed by atoms with van der Waals surface area (Å²) < 4.78 is 139. The molecule has 0 heterocycles. The Morgan fingerprint density at radius 3 is 1.94 bits per heavy atom. The topological polar surface area (TPSA) is 18.5 Å². The molecule has 0 amide bonds. The van der Waals surface area contributed by atoms with Gasteiger partial charge in [0.1, 0.15) is 17.4 Å². The zero-order valence-electron chi connectivity index (χ0n) is 26.0. The normalized spacial score (nSPS) is 17.0. The molecule has 0 spiro atoms. The van der Waals surface area contributed by atoms with Crippen molar-refractivity contribution in [2.24, 2.45) is 0 Å². The van der Waals surface area contributed by atoms with E-state index in [4.69, 9.17) is 4.74 Å². The number of aryl methyl sites for hydroxylation is 1. The van der Waals surface area contributed by atoms with Gasteiger partial charge in [-0.15, -0.1) is 0 Å². The molecule has 48 heavy (non-hydrogen) atoms. The van der Waals surface area contributed by atoms with Crippen LogP contribution in [0.4, 0.5) is 39.5 Å². The second-order valence-corrected chi connectivity index (χ2v) is 12.0. The Bertz CT molecular complexity index is 1690. The minimum absolute atomic E-state index is 0.0664. The first kappa shape index (κ1) is 35.3. The van der Waals surface area contributed by atoms with E-state index >= 15 is 4.39 Å². The molecule has 0 aliphatic heterocycles. The summed E-state index contributed by atoms with van der Waals surface area (Å²) in [5.41, 5.74) is -0.0437. The number of hydrogen-bond acceptors (Lipinski definition) is 2. The molecule has 2 nitrogen and oxygen atoms in total. The smallest absolute Gasteiger partial charge is 0.429 e. The number of rotatable bonds is 12. The number of halogens is 9. The van der Waals surface area contributed by atoms with E-state index in [0.717, 1.165) is 37.3 Å². The van der Waals surface area contributed by atoms with Gasteiger partial charge >= 0.3 is 12.2 Å². The molecule has 4 aromatic carbocycles. The molecular weight excluding hydrogens is 647 g/mol. The molecule has 5 rings (SSSR count). The molecule has 11 heteroatoms. The van der Waals surface area contributed by atoms with Crippen molar-refractivity contribution in [3.05, 3.63) is 124 Å². The minimum atomic E-state index is -4.41. The monoisotopic (exact) mass is 680 g/mol. The Hall–Kier alpha value is -3.99. The van der Waals surface area contributed by atoms with Gasteiger partial charge in [-0.1, -0.05) is 62.2 Å². The average Bonchev–Trinajstić information content (AvgIpc) is 3.04. The van der Waals surface area contributed by atoms with Crippen LogP contribution in [0.15, 0.2) is 72.8 Å². The van der Waals surface area contributed by atoms with Crippen molar-refractivity contribution in [1.82, 2.24) is 0 Å². The Labute approximate surface area is 272 Å². The van der Waals surface area contributed by atoms with Crippen LogP contribution in [0.3, 0.4) is 0 Å². The molecule has 1 saturated carbocycles. The highest BCUT2D eigenvalue weighted by Crippen LogP contribution is 2.41. The first-order valence-corrected chi connectivity index (χ1v) is 15.7. The number of alkyl halides is 4. The molecule has 0 aromatic heterocycles. The van der Waals surface area contributed by atoms with Crippen molar-refractivity contribution in [2.75, 3.05) is 0 Å². The van der Waals surface area contributed by atoms with Gasteiger partial charge in [0, 0.05) is 17.7 Å². The maximum absolute atomic E-state index is 15.2. The maximum Gasteiger partial charge on any atom is 0.429 e. The molecule has 0 radical (unpaired) electrons. The van der Waals surface area contributed by atoms with Gasteiger partial charge in [0.05, 0.1) is 17.2 Å². The predicted octanol–water partition coefficient (Wildman–Crippen LogP) is 11.7. The molecule has 0 saturated heterocycles. The molecule has 0 atom stereocenters. The number of hydrogen-bond donors (Lipinski definition) is 0. The lowest BCUT2D eigenvalue weighted by molar-refractivity contribution is -0.277. The number of unbranched alkanes of at least 4 members (excludes halogenated alkanes) is 2. The Balaban J connectivity index is 1.20. The van der Waals surface area contributed by atoms with Crippen LogP contribution < -0.4 is 4.74 Å². The van der Waals surface area contributed by atoms with E-state index in [0.29, 0.717) is 43.4 Å². The highest BCUT2D eigenvalue weighted by atomic mass is 19.3. The lowest BCUT2D eigenvalue weighted by atomic mass is 9.82. The third-order valence-electron chi connectivity index (χ3n) is 8.61. The lowest BCUT2D eigenvalue weighted by Crippen LogP contribution is -2.29. The molecule has 1 aliphatic carbocycles. The largest absolute Gasteiger partial charge is 0.429 e. The third kappa shape index (κ3) is 8.17. The van der Waals surface area contributed by atoms with Crippen molar-refractivity contribution in [3.63, 3.8) is 0 Å². The Kier molecular flexibility index (Phi) is 10.8. The van der Waals surface area contributed by atoms with E-state index < -0.39 is 58.7 Å². The van der Waals surface area contributed by atoms with Crippen molar-refractivity contribution in [1.29, 1.82) is 0 Å². The Morgan fingerprint density at radius 1 is 0.667 bits per heavy atom. The van der Waals surface area contributed by atoms with E-state index in [1.54, 1.807) is 18.2 Å². The zero-order valence-corrected chi connectivity index (χ0v) is 26.0. The summed E-state index contributed by atoms with van der Waals surface area (Å²) in [6, 6.07) is 13.2. The molecule has 1 aliphatic rings. The van der Waals surface area contributed by atoms with Crippen molar-refractivity contribution < 1.29 is 49.0 Å². The van der Waals surface area contributed by atoms with Crippen molar-refractivity contribution in [3.8, 4) is 16.9 Å². The van der Waals surface area contributed by atoms with Crippen LogP contribution >= 0.6 is 0 Å². The SMILES string of the molecule is CCCCCc1ccc(C(F)(F)OC2CCC(c3ccc(-c4ccc(C(F)(F)Oc5cc(F)c(F)c(F)c5)c(F)c4)c(F)c3)CC2)cc1. The fourth-order valence-electron chi connectivity index (χ4n) is 5.97. The van der Waals surface area contributed by atoms with Gasteiger partial charge in [0.2, 0.25) is 0 Å². The molecule has 1 fully saturated rings. The molecule has 0 unspecified atom stereocenters. The summed E-state index contributed by atoms with van der Waals surface area (Å²) in [7, 11) is 0. The summed E-state index contributed by atoms with van der Waals surface area (Å²) in [5, 5.41) is 0. The molecule has 0 N–H and O–H groups in total. The van der Waals surface area contributed by atoms with E-state index in [9.17, 15) is 35.1 Å². The Morgan fingerprint density at radius 2 is 1.33 bits per heavy atom. The van der Waals surface area contributed by atoms with Gasteiger partial charge in [-0.25, -0.2) is 22.0 Å². The fourth-order valence-corrected chi connectivity index (χ4v) is 5.97. The summed E-state index contributed by atoms with van der Waals surface area (Å²) in [6.07, 6.45) is -2.97. The highest BCUT2D eigenvalue weighted by Gasteiger charge is 2.39. The second-order valence-electron chi connectivity index (χ2n) is 12.0. The van der Waals surface area contributed by atoms with Crippen LogP contribution in [0.5, 0.6) is 5.75 Å². The fraction of sp³-hybridized carbons (Fsp3) is 0.351. The van der Waals surface area contributed by atoms with Crippen LogP contribution in [-0.2, 0) is 23.4 Å². The first-order valence-electron chi connectivity index (χ1n) is 15.7. The van der Waals surface area contributed by atoms with Gasteiger partial charge in [-0.3, -0.25) is 0 Å². The molecule has 0 bridgehead atoms. The van der Waals surface area contributed by atoms with Gasteiger partial charge in [-0.05, 0) is 79.3 Å². The first-order chi connectivity index (χ1) is 22.8. The standard InChI is InChI=1S/C37H33F9O2/c1-2-3-4-5-22-6-12-26(13-7-22)36(43,44)47-27-14-8-23(9-15-27)24-10-16-29(31(38)18-24)25-11-17-30(32(39)19-25)37(45,46)48-28-20-33(40)35(42)34(41)21-28/h6-7,10-13,16-21,23,27H,2-5,8-9,14-15H2,1H3. The van der Waals surface area contributed by atoms with Gasteiger partial charge in [-0.2, -0.15) is 17.6 Å². The van der Waals surface area contributed by atoms with Crippen molar-refractivity contribution in [2.45, 2.75) is 82.5 Å². The molecule has 4 aromatic rings. The highest BCUT2D eigenvalue weighted by molar-refractivity contribution is 5.65. The quantitative estimate of drug-likeness (QED) is 0.0842. The maximum atomic E-state index is 15.2. The van der Waals surface area contributed by atoms with Crippen LogP contribution in [0.2, 0.25) is 0 Å². The average molecular weight is 681 g/mol. The van der Waals surface area contributed by atoms with Crippen LogP contribution in [0.25, 0.3) is 11.1 Å². The predicted molar refractivity (Wildman–Crippen MR) is 162 cm³/mol. The number of ether oxygens (including phenoxy) is 2. The number of benzene rings is 4. The third-order valence-corrected chi connectivity index (χ3v) is 8.61. The van der Waals surface area contributed by atoms with Crippen LogP contribution in [0, 0.1) is 29.1 Å². The van der Waals surface area contributed by atoms with Crippen molar-refractivity contribution >= 4 is 0 Å². The molecular formula is C37H33F9O2. The van der Waals surface area contributed by atoms with E-state index in [2.05, 4.69) is 11.7 Å². The van der Waals surface area contributed by atoms with E-state index in [-0.39, 0.29) is 34.7 Å². The van der Waals surface area contributed by atoms with Crippen LogP contribution in [-0.4, -0.2) is 6.10 Å². The van der Waals surface area contributed by atoms with Gasteiger partial charge in [0.15, 0.2) is 17.5 Å². The van der Waals surface area contributed by atoms with Gasteiger partial charge < -0.3 is 9.47 Å². The second kappa shape index (κ2) is 14.6. The summed E-state index contributed by atoms with van der Waals surface area (Å²) in [6.45, 7) is 2.10. The summed E-state index contributed by atoms with van der Waals surface area (Å²) in [4.78, 5) is 0. The van der Waals surface area contributed by atoms with Gasteiger partial charge in [0.25, 0.3) is 0 Å².